The van der Waals surface area contributed by atoms with Crippen molar-refractivity contribution in [3.63, 3.8) is 0 Å². The molecule has 2 N–H and O–H groups in total. The molecule has 4 rings (SSSR count). The molecule has 0 aliphatic carbocycles. The standard InChI is InChI=1S/C22H25N7O/c1-14-25-20(23)19-22(26-14)29(13-16-7-5-15(6-8-16)12-28(2)3)21(27-19)17-9-18(30-4)11-24-10-17/h5-11H,12-13H2,1-4H3,(H2,23,25,26). The van der Waals surface area contributed by atoms with Gasteiger partial charge in [0.25, 0.3) is 0 Å². The molecule has 0 saturated carbocycles. The fourth-order valence-electron chi connectivity index (χ4n) is 3.46. The number of hydrogen-bond donors (Lipinski definition) is 1. The molecule has 8 nitrogen and oxygen atoms in total. The fraction of sp³-hybridized carbons (Fsp3) is 0.273. The van der Waals surface area contributed by atoms with E-state index in [0.29, 0.717) is 35.1 Å². The number of pyridine rings is 1. The molecule has 30 heavy (non-hydrogen) atoms. The van der Waals surface area contributed by atoms with Crippen LogP contribution in [-0.2, 0) is 13.1 Å². The maximum absolute atomic E-state index is 6.16. The summed E-state index contributed by atoms with van der Waals surface area (Å²) in [6.07, 6.45) is 3.43. The third-order valence-electron chi connectivity index (χ3n) is 4.80. The van der Waals surface area contributed by atoms with Gasteiger partial charge in [-0.15, -0.1) is 0 Å². The summed E-state index contributed by atoms with van der Waals surface area (Å²) in [5.74, 6) is 2.36. The van der Waals surface area contributed by atoms with Crippen molar-refractivity contribution in [3.05, 3.63) is 59.7 Å². The Labute approximate surface area is 175 Å². The number of fused-ring (bicyclic) bond motifs is 1. The van der Waals surface area contributed by atoms with Gasteiger partial charge in [-0.3, -0.25) is 4.98 Å². The second-order valence-corrected chi connectivity index (χ2v) is 7.52. The van der Waals surface area contributed by atoms with Crippen molar-refractivity contribution >= 4 is 17.0 Å². The Balaban J connectivity index is 1.82. The molecule has 3 heterocycles. The molecule has 0 radical (unpaired) electrons. The minimum absolute atomic E-state index is 0.370. The number of nitrogens with two attached hydrogens (primary N) is 1. The van der Waals surface area contributed by atoms with E-state index in [1.807, 2.05) is 13.0 Å². The van der Waals surface area contributed by atoms with Gasteiger partial charge in [-0.1, -0.05) is 24.3 Å². The second-order valence-electron chi connectivity index (χ2n) is 7.52. The van der Waals surface area contributed by atoms with Crippen molar-refractivity contribution in [2.75, 3.05) is 26.9 Å². The van der Waals surface area contributed by atoms with Gasteiger partial charge in [-0.05, 0) is 38.2 Å². The number of benzene rings is 1. The van der Waals surface area contributed by atoms with E-state index in [-0.39, 0.29) is 0 Å². The molecular weight excluding hydrogens is 378 g/mol. The second kappa shape index (κ2) is 8.08. The van der Waals surface area contributed by atoms with Crippen molar-refractivity contribution in [3.8, 4) is 17.1 Å². The molecule has 0 saturated heterocycles. The summed E-state index contributed by atoms with van der Waals surface area (Å²) in [6.45, 7) is 3.33. The Morgan fingerprint density at radius 1 is 1.03 bits per heavy atom. The van der Waals surface area contributed by atoms with Crippen LogP contribution in [0, 0.1) is 6.92 Å². The van der Waals surface area contributed by atoms with Crippen LogP contribution in [0.3, 0.4) is 0 Å². The molecule has 0 amide bonds. The van der Waals surface area contributed by atoms with Crippen molar-refractivity contribution in [1.82, 2.24) is 29.4 Å². The van der Waals surface area contributed by atoms with Crippen LogP contribution in [0.1, 0.15) is 17.0 Å². The van der Waals surface area contributed by atoms with Gasteiger partial charge >= 0.3 is 0 Å². The van der Waals surface area contributed by atoms with Crippen molar-refractivity contribution in [2.45, 2.75) is 20.0 Å². The van der Waals surface area contributed by atoms with E-state index in [1.165, 1.54) is 5.56 Å². The first-order chi connectivity index (χ1) is 14.4. The zero-order valence-electron chi connectivity index (χ0n) is 17.6. The molecule has 3 aromatic heterocycles. The maximum atomic E-state index is 6.16. The van der Waals surface area contributed by atoms with Crippen LogP contribution in [0.4, 0.5) is 5.82 Å². The van der Waals surface area contributed by atoms with Crippen LogP contribution in [-0.4, -0.2) is 50.6 Å². The summed E-state index contributed by atoms with van der Waals surface area (Å²) in [5, 5.41) is 0. The quantitative estimate of drug-likeness (QED) is 0.529. The number of nitrogen functional groups attached to an aromatic ring is 1. The lowest BCUT2D eigenvalue weighted by Gasteiger charge is -2.12. The molecule has 0 fully saturated rings. The van der Waals surface area contributed by atoms with Crippen LogP contribution in [0.2, 0.25) is 0 Å². The van der Waals surface area contributed by atoms with Crippen molar-refractivity contribution < 1.29 is 4.74 Å². The van der Waals surface area contributed by atoms with Crippen LogP contribution >= 0.6 is 0 Å². The van der Waals surface area contributed by atoms with E-state index in [9.17, 15) is 0 Å². The largest absolute Gasteiger partial charge is 0.495 e. The molecule has 0 aliphatic rings. The smallest absolute Gasteiger partial charge is 0.166 e. The third kappa shape index (κ3) is 3.95. The summed E-state index contributed by atoms with van der Waals surface area (Å²) in [4.78, 5) is 20.1. The van der Waals surface area contributed by atoms with Crippen LogP contribution in [0.25, 0.3) is 22.6 Å². The Morgan fingerprint density at radius 2 is 1.77 bits per heavy atom. The number of nitrogens with zero attached hydrogens (tertiary/aromatic N) is 6. The molecule has 4 aromatic rings. The third-order valence-corrected chi connectivity index (χ3v) is 4.80. The number of methoxy groups -OCH3 is 1. The topological polar surface area (TPSA) is 95.0 Å². The van der Waals surface area contributed by atoms with Crippen LogP contribution < -0.4 is 10.5 Å². The lowest BCUT2D eigenvalue weighted by atomic mass is 10.1. The van der Waals surface area contributed by atoms with Gasteiger partial charge in [0.05, 0.1) is 19.9 Å². The summed E-state index contributed by atoms with van der Waals surface area (Å²) >= 11 is 0. The number of hydrogen-bond acceptors (Lipinski definition) is 7. The number of aromatic nitrogens is 5. The molecule has 1 aromatic carbocycles. The van der Waals surface area contributed by atoms with E-state index in [2.05, 4.69) is 62.8 Å². The number of rotatable bonds is 6. The lowest BCUT2D eigenvalue weighted by Crippen LogP contribution is -2.10. The molecule has 0 bridgehead atoms. The Bertz CT molecular complexity index is 1180. The Kier molecular flexibility index (Phi) is 5.33. The average Bonchev–Trinajstić information content (AvgIpc) is 3.08. The SMILES string of the molecule is COc1cncc(-c2nc3c(N)nc(C)nc3n2Cc2ccc(CN(C)C)cc2)c1. The average molecular weight is 403 g/mol. The first-order valence-electron chi connectivity index (χ1n) is 9.67. The van der Waals surface area contributed by atoms with E-state index in [1.54, 1.807) is 19.5 Å². The highest BCUT2D eigenvalue weighted by molar-refractivity contribution is 5.85. The molecule has 0 unspecified atom stereocenters. The van der Waals surface area contributed by atoms with Gasteiger partial charge < -0.3 is 19.9 Å². The first-order valence-corrected chi connectivity index (χ1v) is 9.67. The summed E-state index contributed by atoms with van der Waals surface area (Å²) in [6, 6.07) is 10.5. The number of ether oxygens (including phenoxy) is 1. The summed E-state index contributed by atoms with van der Waals surface area (Å²) < 4.78 is 7.39. The normalized spacial score (nSPS) is 11.4. The van der Waals surface area contributed by atoms with Gasteiger partial charge in [0.1, 0.15) is 17.4 Å². The van der Waals surface area contributed by atoms with E-state index < -0.39 is 0 Å². The van der Waals surface area contributed by atoms with Crippen LogP contribution in [0.5, 0.6) is 5.75 Å². The monoisotopic (exact) mass is 403 g/mol. The molecular formula is C22H25N7O. The van der Waals surface area contributed by atoms with Crippen molar-refractivity contribution in [2.24, 2.45) is 0 Å². The highest BCUT2D eigenvalue weighted by Crippen LogP contribution is 2.28. The van der Waals surface area contributed by atoms with Gasteiger partial charge in [0, 0.05) is 18.3 Å². The summed E-state index contributed by atoms with van der Waals surface area (Å²) in [7, 11) is 5.74. The lowest BCUT2D eigenvalue weighted by molar-refractivity contribution is 0.402. The Morgan fingerprint density at radius 3 is 2.47 bits per heavy atom. The van der Waals surface area contributed by atoms with Gasteiger partial charge in [-0.2, -0.15) is 0 Å². The number of anilines is 1. The zero-order valence-corrected chi connectivity index (χ0v) is 17.6. The molecule has 154 valence electrons. The highest BCUT2D eigenvalue weighted by atomic mass is 16.5. The van der Waals surface area contributed by atoms with E-state index in [0.717, 1.165) is 23.5 Å². The van der Waals surface area contributed by atoms with E-state index in [4.69, 9.17) is 15.5 Å². The predicted octanol–water partition coefficient (Wildman–Crippen LogP) is 2.90. The maximum Gasteiger partial charge on any atom is 0.166 e. The molecule has 0 aliphatic heterocycles. The molecule has 0 atom stereocenters. The van der Waals surface area contributed by atoms with Gasteiger partial charge in [0.15, 0.2) is 17.0 Å². The molecule has 8 heteroatoms. The first kappa shape index (κ1) is 19.8. The predicted molar refractivity (Wildman–Crippen MR) is 117 cm³/mol. The summed E-state index contributed by atoms with van der Waals surface area (Å²) in [5.41, 5.74) is 10.7. The molecule has 0 spiro atoms. The van der Waals surface area contributed by atoms with Crippen LogP contribution in [0.15, 0.2) is 42.7 Å². The highest BCUT2D eigenvalue weighted by Gasteiger charge is 2.18. The number of imidazole rings is 1. The van der Waals surface area contributed by atoms with Gasteiger partial charge in [0.2, 0.25) is 0 Å². The van der Waals surface area contributed by atoms with E-state index >= 15 is 0 Å². The van der Waals surface area contributed by atoms with Gasteiger partial charge in [-0.25, -0.2) is 15.0 Å². The fourth-order valence-corrected chi connectivity index (χ4v) is 3.46. The van der Waals surface area contributed by atoms with Crippen molar-refractivity contribution in [1.29, 1.82) is 0 Å². The minimum atomic E-state index is 0.370. The minimum Gasteiger partial charge on any atom is -0.495 e. The number of aryl methyl sites for hydroxylation is 1. The zero-order chi connectivity index (χ0) is 21.3. The Hall–Kier alpha value is -3.52.